The van der Waals surface area contributed by atoms with Gasteiger partial charge in [0.1, 0.15) is 0 Å². The zero-order chi connectivity index (χ0) is 19.2. The lowest BCUT2D eigenvalue weighted by Crippen LogP contribution is -2.35. The van der Waals surface area contributed by atoms with Crippen molar-refractivity contribution in [2.75, 3.05) is 44.4 Å². The summed E-state index contributed by atoms with van der Waals surface area (Å²) in [4.78, 5) is 32.9. The second kappa shape index (κ2) is 8.75. The van der Waals surface area contributed by atoms with Crippen molar-refractivity contribution in [1.29, 1.82) is 0 Å². The number of pyridine rings is 1. The molecule has 1 aromatic carbocycles. The third-order valence-electron chi connectivity index (χ3n) is 4.67. The van der Waals surface area contributed by atoms with Crippen LogP contribution < -0.4 is 10.6 Å². The van der Waals surface area contributed by atoms with Crippen molar-refractivity contribution in [3.05, 3.63) is 54.4 Å². The van der Waals surface area contributed by atoms with Crippen molar-refractivity contribution in [3.8, 4) is 0 Å². The van der Waals surface area contributed by atoms with Crippen LogP contribution in [0.2, 0.25) is 0 Å². The summed E-state index contributed by atoms with van der Waals surface area (Å²) in [6.07, 6.45) is 4.21. The molecule has 2 heterocycles. The van der Waals surface area contributed by atoms with Crippen molar-refractivity contribution >= 4 is 23.2 Å². The molecule has 0 spiro atoms. The van der Waals surface area contributed by atoms with E-state index in [0.29, 0.717) is 29.5 Å². The van der Waals surface area contributed by atoms with Crippen molar-refractivity contribution in [1.82, 2.24) is 14.8 Å². The Morgan fingerprint density at radius 3 is 2.63 bits per heavy atom. The number of carbonyl (C=O) groups is 2. The Balaban J connectivity index is 1.54. The Morgan fingerprint density at radius 2 is 1.96 bits per heavy atom. The van der Waals surface area contributed by atoms with Gasteiger partial charge in [0.25, 0.3) is 5.91 Å². The predicted octanol–water partition coefficient (Wildman–Crippen LogP) is 1.91. The van der Waals surface area contributed by atoms with Gasteiger partial charge >= 0.3 is 0 Å². The first kappa shape index (κ1) is 19.0. The first-order valence-electron chi connectivity index (χ1n) is 9.01. The Labute approximate surface area is 159 Å². The van der Waals surface area contributed by atoms with Gasteiger partial charge in [-0.05, 0) is 50.8 Å². The molecule has 27 heavy (non-hydrogen) atoms. The van der Waals surface area contributed by atoms with Crippen LogP contribution in [0.5, 0.6) is 0 Å². The van der Waals surface area contributed by atoms with E-state index in [9.17, 15) is 9.59 Å². The van der Waals surface area contributed by atoms with Crippen LogP contribution in [0.3, 0.4) is 0 Å². The first-order chi connectivity index (χ1) is 13.0. The first-order valence-corrected chi connectivity index (χ1v) is 9.01. The number of aromatic nitrogens is 1. The molecule has 1 unspecified atom stereocenters. The molecule has 0 saturated carbocycles. The summed E-state index contributed by atoms with van der Waals surface area (Å²) in [7, 11) is 4.14. The van der Waals surface area contributed by atoms with Crippen molar-refractivity contribution in [2.45, 2.75) is 12.5 Å². The fourth-order valence-electron chi connectivity index (χ4n) is 3.16. The molecule has 1 atom stereocenters. The molecule has 1 aliphatic rings. The number of anilines is 2. The Bertz CT molecular complexity index is 794. The van der Waals surface area contributed by atoms with Gasteiger partial charge in [-0.3, -0.25) is 19.5 Å². The van der Waals surface area contributed by atoms with E-state index in [4.69, 9.17) is 0 Å². The molecule has 142 valence electrons. The van der Waals surface area contributed by atoms with Crippen LogP contribution in [-0.4, -0.2) is 66.4 Å². The third kappa shape index (κ3) is 5.35. The number of hydrogen-bond donors (Lipinski definition) is 2. The van der Waals surface area contributed by atoms with E-state index in [1.54, 1.807) is 36.5 Å². The number of nitrogens with one attached hydrogen (secondary N) is 2. The largest absolute Gasteiger partial charge is 0.325 e. The molecule has 1 aromatic heterocycles. The Kier molecular flexibility index (Phi) is 6.16. The highest BCUT2D eigenvalue weighted by atomic mass is 16.2. The summed E-state index contributed by atoms with van der Waals surface area (Å²) in [5.74, 6) is -0.288. The maximum atomic E-state index is 12.3. The van der Waals surface area contributed by atoms with Crippen LogP contribution >= 0.6 is 0 Å². The van der Waals surface area contributed by atoms with Gasteiger partial charge in [-0.1, -0.05) is 6.07 Å². The molecule has 3 rings (SSSR count). The van der Waals surface area contributed by atoms with E-state index in [1.807, 2.05) is 6.07 Å². The number of rotatable bonds is 6. The molecule has 1 aliphatic heterocycles. The second-order valence-electron chi connectivity index (χ2n) is 6.97. The molecular weight excluding hydrogens is 342 g/mol. The Morgan fingerprint density at radius 1 is 1.19 bits per heavy atom. The van der Waals surface area contributed by atoms with Crippen molar-refractivity contribution in [2.24, 2.45) is 0 Å². The standard InChI is InChI=1S/C20H25N5O2/c1-24(2)18-8-10-25(13-18)14-19(26)22-16-6-3-7-17(11-16)23-20(27)15-5-4-9-21-12-15/h3-7,9,11-12,18H,8,10,13-14H2,1-2H3,(H,22,26)(H,23,27). The van der Waals surface area contributed by atoms with E-state index in [0.717, 1.165) is 19.5 Å². The molecule has 1 saturated heterocycles. The summed E-state index contributed by atoms with van der Waals surface area (Å²) in [6.45, 7) is 2.20. The summed E-state index contributed by atoms with van der Waals surface area (Å²) in [5.41, 5.74) is 1.76. The fourth-order valence-corrected chi connectivity index (χ4v) is 3.16. The number of likely N-dealkylation sites (N-methyl/N-ethyl adjacent to an activating group) is 1. The lowest BCUT2D eigenvalue weighted by atomic mass is 10.2. The summed E-state index contributed by atoms with van der Waals surface area (Å²) in [5, 5.41) is 5.73. The molecular formula is C20H25N5O2. The van der Waals surface area contributed by atoms with E-state index in [1.165, 1.54) is 6.20 Å². The monoisotopic (exact) mass is 367 g/mol. The topological polar surface area (TPSA) is 77.6 Å². The zero-order valence-electron chi connectivity index (χ0n) is 15.7. The van der Waals surface area contributed by atoms with Crippen LogP contribution in [0.4, 0.5) is 11.4 Å². The van der Waals surface area contributed by atoms with Crippen LogP contribution in [0.25, 0.3) is 0 Å². The van der Waals surface area contributed by atoms with Crippen LogP contribution in [0, 0.1) is 0 Å². The summed E-state index contributed by atoms with van der Waals surface area (Å²) >= 11 is 0. The molecule has 0 radical (unpaired) electrons. The van der Waals surface area contributed by atoms with Gasteiger partial charge in [0.15, 0.2) is 0 Å². The zero-order valence-corrected chi connectivity index (χ0v) is 15.7. The molecule has 0 bridgehead atoms. The lowest BCUT2D eigenvalue weighted by molar-refractivity contribution is -0.117. The molecule has 1 fully saturated rings. The average Bonchev–Trinajstić information content (AvgIpc) is 3.11. The Hall–Kier alpha value is -2.77. The second-order valence-corrected chi connectivity index (χ2v) is 6.97. The van der Waals surface area contributed by atoms with Gasteiger partial charge in [0, 0.05) is 42.9 Å². The number of benzene rings is 1. The van der Waals surface area contributed by atoms with Gasteiger partial charge < -0.3 is 15.5 Å². The third-order valence-corrected chi connectivity index (χ3v) is 4.67. The van der Waals surface area contributed by atoms with Gasteiger partial charge in [0.05, 0.1) is 12.1 Å². The number of hydrogen-bond acceptors (Lipinski definition) is 5. The fraction of sp³-hybridized carbons (Fsp3) is 0.350. The number of amides is 2. The normalized spacial score (nSPS) is 17.1. The van der Waals surface area contributed by atoms with Crippen molar-refractivity contribution in [3.63, 3.8) is 0 Å². The average molecular weight is 367 g/mol. The van der Waals surface area contributed by atoms with Crippen molar-refractivity contribution < 1.29 is 9.59 Å². The quantitative estimate of drug-likeness (QED) is 0.816. The van der Waals surface area contributed by atoms with Crippen LogP contribution in [0.1, 0.15) is 16.8 Å². The maximum absolute atomic E-state index is 12.3. The lowest BCUT2D eigenvalue weighted by Gasteiger charge is -2.20. The number of likely N-dealkylation sites (tertiary alicyclic amines) is 1. The van der Waals surface area contributed by atoms with E-state index < -0.39 is 0 Å². The minimum Gasteiger partial charge on any atom is -0.325 e. The van der Waals surface area contributed by atoms with E-state index in [2.05, 4.69) is 39.5 Å². The number of nitrogens with zero attached hydrogens (tertiary/aromatic N) is 3. The molecule has 7 heteroatoms. The SMILES string of the molecule is CN(C)C1CCN(CC(=O)Nc2cccc(NC(=O)c3cccnc3)c2)C1. The van der Waals surface area contributed by atoms with Gasteiger partial charge in [-0.2, -0.15) is 0 Å². The minimum atomic E-state index is -0.238. The molecule has 2 aromatic rings. The highest BCUT2D eigenvalue weighted by Gasteiger charge is 2.25. The molecule has 7 nitrogen and oxygen atoms in total. The van der Waals surface area contributed by atoms with Crippen LogP contribution in [0.15, 0.2) is 48.8 Å². The summed E-state index contributed by atoms with van der Waals surface area (Å²) < 4.78 is 0. The van der Waals surface area contributed by atoms with E-state index >= 15 is 0 Å². The van der Waals surface area contributed by atoms with Gasteiger partial charge in [-0.15, -0.1) is 0 Å². The smallest absolute Gasteiger partial charge is 0.257 e. The predicted molar refractivity (Wildman–Crippen MR) is 106 cm³/mol. The van der Waals surface area contributed by atoms with Gasteiger partial charge in [-0.25, -0.2) is 0 Å². The molecule has 0 aliphatic carbocycles. The van der Waals surface area contributed by atoms with Gasteiger partial charge in [0.2, 0.25) is 5.91 Å². The van der Waals surface area contributed by atoms with E-state index in [-0.39, 0.29) is 11.8 Å². The molecule has 2 amide bonds. The summed E-state index contributed by atoms with van der Waals surface area (Å²) in [6, 6.07) is 11.1. The minimum absolute atomic E-state index is 0.0508. The number of carbonyl (C=O) groups excluding carboxylic acids is 2. The highest BCUT2D eigenvalue weighted by Crippen LogP contribution is 2.17. The highest BCUT2D eigenvalue weighted by molar-refractivity contribution is 6.04. The van der Waals surface area contributed by atoms with Crippen LogP contribution in [-0.2, 0) is 4.79 Å². The molecule has 2 N–H and O–H groups in total. The maximum Gasteiger partial charge on any atom is 0.257 e.